The van der Waals surface area contributed by atoms with Gasteiger partial charge in [0.2, 0.25) is 0 Å². The zero-order valence-electron chi connectivity index (χ0n) is 17.1. The number of methoxy groups -OCH3 is 1. The Labute approximate surface area is 174 Å². The predicted octanol–water partition coefficient (Wildman–Crippen LogP) is 3.05. The van der Waals surface area contributed by atoms with E-state index in [0.717, 1.165) is 5.56 Å². The number of hydrazone groups is 1. The van der Waals surface area contributed by atoms with E-state index in [1.807, 2.05) is 31.2 Å². The SMILES string of the molecule is COc1cc(/C=N\NC(=O)c2cccn(C)c2=O)ccc1OCc1ccc(C)cc1. The van der Waals surface area contributed by atoms with Crippen molar-refractivity contribution >= 4 is 12.1 Å². The van der Waals surface area contributed by atoms with Gasteiger partial charge in [-0.15, -0.1) is 0 Å². The monoisotopic (exact) mass is 405 g/mol. The number of aryl methyl sites for hydroxylation is 2. The second-order valence-corrected chi connectivity index (χ2v) is 6.72. The van der Waals surface area contributed by atoms with Crippen LogP contribution in [0, 0.1) is 6.92 Å². The molecule has 7 nitrogen and oxygen atoms in total. The molecule has 1 amide bonds. The molecule has 1 heterocycles. The van der Waals surface area contributed by atoms with Gasteiger partial charge in [-0.1, -0.05) is 29.8 Å². The van der Waals surface area contributed by atoms with Crippen molar-refractivity contribution < 1.29 is 14.3 Å². The lowest BCUT2D eigenvalue weighted by Gasteiger charge is -2.11. The van der Waals surface area contributed by atoms with Gasteiger partial charge in [-0.2, -0.15) is 5.10 Å². The molecule has 0 spiro atoms. The van der Waals surface area contributed by atoms with Crippen molar-refractivity contribution in [3.63, 3.8) is 0 Å². The molecule has 0 atom stereocenters. The number of hydrogen-bond donors (Lipinski definition) is 1. The topological polar surface area (TPSA) is 81.9 Å². The Morgan fingerprint density at radius 2 is 1.90 bits per heavy atom. The molecular weight excluding hydrogens is 382 g/mol. The van der Waals surface area contributed by atoms with E-state index in [2.05, 4.69) is 10.5 Å². The first-order valence-electron chi connectivity index (χ1n) is 9.33. The first-order valence-corrected chi connectivity index (χ1v) is 9.33. The van der Waals surface area contributed by atoms with Gasteiger partial charge in [0.05, 0.1) is 13.3 Å². The van der Waals surface area contributed by atoms with Crippen LogP contribution in [0.3, 0.4) is 0 Å². The highest BCUT2D eigenvalue weighted by Gasteiger charge is 2.10. The highest BCUT2D eigenvalue weighted by Crippen LogP contribution is 2.28. The molecule has 0 aliphatic heterocycles. The lowest BCUT2D eigenvalue weighted by Crippen LogP contribution is -2.29. The highest BCUT2D eigenvalue weighted by molar-refractivity contribution is 5.94. The fourth-order valence-corrected chi connectivity index (χ4v) is 2.72. The van der Waals surface area contributed by atoms with Crippen LogP contribution >= 0.6 is 0 Å². The zero-order valence-corrected chi connectivity index (χ0v) is 17.1. The molecule has 0 saturated carbocycles. The smallest absolute Gasteiger partial charge is 0.276 e. The number of rotatable bonds is 7. The van der Waals surface area contributed by atoms with E-state index >= 15 is 0 Å². The summed E-state index contributed by atoms with van der Waals surface area (Å²) in [5.41, 5.74) is 4.96. The van der Waals surface area contributed by atoms with Gasteiger partial charge in [0, 0.05) is 13.2 Å². The molecule has 154 valence electrons. The van der Waals surface area contributed by atoms with E-state index in [1.165, 1.54) is 22.4 Å². The average molecular weight is 405 g/mol. The first kappa shape index (κ1) is 20.9. The van der Waals surface area contributed by atoms with Crippen LogP contribution in [0.5, 0.6) is 11.5 Å². The third-order valence-electron chi connectivity index (χ3n) is 4.45. The third kappa shape index (κ3) is 5.14. The molecule has 0 unspecified atom stereocenters. The summed E-state index contributed by atoms with van der Waals surface area (Å²) in [4.78, 5) is 24.1. The Kier molecular flexibility index (Phi) is 6.64. The van der Waals surface area contributed by atoms with Crippen LogP contribution in [0.1, 0.15) is 27.0 Å². The van der Waals surface area contributed by atoms with Crippen LogP contribution in [0.15, 0.2) is 70.7 Å². The predicted molar refractivity (Wildman–Crippen MR) is 115 cm³/mol. The second-order valence-electron chi connectivity index (χ2n) is 6.72. The van der Waals surface area contributed by atoms with Crippen LogP contribution in [-0.4, -0.2) is 23.8 Å². The maximum atomic E-state index is 12.1. The number of ether oxygens (including phenoxy) is 2. The second kappa shape index (κ2) is 9.56. The molecule has 3 rings (SSSR count). The number of amides is 1. The van der Waals surface area contributed by atoms with E-state index < -0.39 is 5.91 Å². The number of carbonyl (C=O) groups excluding carboxylic acids is 1. The maximum Gasteiger partial charge on any atom is 0.276 e. The largest absolute Gasteiger partial charge is 0.493 e. The molecule has 0 aliphatic carbocycles. The van der Waals surface area contributed by atoms with E-state index in [-0.39, 0.29) is 11.1 Å². The van der Waals surface area contributed by atoms with Crippen molar-refractivity contribution in [2.75, 3.05) is 7.11 Å². The summed E-state index contributed by atoms with van der Waals surface area (Å²) < 4.78 is 12.6. The maximum absolute atomic E-state index is 12.1. The normalized spacial score (nSPS) is 10.8. The molecule has 0 saturated heterocycles. The standard InChI is InChI=1S/C23H23N3O4/c1-16-6-8-17(9-7-16)15-30-20-11-10-18(13-21(20)29-3)14-24-25-22(27)19-5-4-12-26(2)23(19)28/h4-14H,15H2,1-3H3,(H,25,27)/b24-14-. The van der Waals surface area contributed by atoms with Crippen LogP contribution in [0.25, 0.3) is 0 Å². The number of carbonyl (C=O) groups is 1. The van der Waals surface area contributed by atoms with Gasteiger partial charge in [-0.25, -0.2) is 5.43 Å². The van der Waals surface area contributed by atoms with Gasteiger partial charge in [0.15, 0.2) is 11.5 Å². The Morgan fingerprint density at radius 3 is 2.63 bits per heavy atom. The quantitative estimate of drug-likeness (QED) is 0.484. The minimum absolute atomic E-state index is 0.0228. The van der Waals surface area contributed by atoms with Crippen molar-refractivity contribution in [3.05, 3.63) is 93.4 Å². The van der Waals surface area contributed by atoms with E-state index in [0.29, 0.717) is 23.7 Å². The summed E-state index contributed by atoms with van der Waals surface area (Å²) in [6.45, 7) is 2.46. The van der Waals surface area contributed by atoms with Gasteiger partial charge in [-0.05, 0) is 48.4 Å². The van der Waals surface area contributed by atoms with Crippen molar-refractivity contribution in [2.45, 2.75) is 13.5 Å². The van der Waals surface area contributed by atoms with Crippen LogP contribution in [-0.2, 0) is 13.7 Å². The van der Waals surface area contributed by atoms with Crippen molar-refractivity contribution in [1.82, 2.24) is 9.99 Å². The minimum Gasteiger partial charge on any atom is -0.493 e. The van der Waals surface area contributed by atoms with Crippen LogP contribution in [0.4, 0.5) is 0 Å². The van der Waals surface area contributed by atoms with E-state index in [4.69, 9.17) is 9.47 Å². The lowest BCUT2D eigenvalue weighted by molar-refractivity contribution is 0.0953. The molecule has 1 aromatic heterocycles. The zero-order chi connectivity index (χ0) is 21.5. The molecule has 0 bridgehead atoms. The molecule has 3 aromatic rings. The Morgan fingerprint density at radius 1 is 1.13 bits per heavy atom. The molecule has 7 heteroatoms. The average Bonchev–Trinajstić information content (AvgIpc) is 2.75. The fourth-order valence-electron chi connectivity index (χ4n) is 2.72. The molecule has 0 radical (unpaired) electrons. The number of nitrogens with one attached hydrogen (secondary N) is 1. The van der Waals surface area contributed by atoms with Crippen molar-refractivity contribution in [2.24, 2.45) is 12.1 Å². The van der Waals surface area contributed by atoms with Gasteiger partial charge in [-0.3, -0.25) is 9.59 Å². The van der Waals surface area contributed by atoms with Gasteiger partial charge in [0.25, 0.3) is 11.5 Å². The lowest BCUT2D eigenvalue weighted by atomic mass is 10.2. The van der Waals surface area contributed by atoms with Gasteiger partial charge in [0.1, 0.15) is 12.2 Å². The number of aromatic nitrogens is 1. The number of hydrogen-bond acceptors (Lipinski definition) is 5. The molecule has 2 aromatic carbocycles. The first-order chi connectivity index (χ1) is 14.5. The minimum atomic E-state index is -0.572. The summed E-state index contributed by atoms with van der Waals surface area (Å²) in [5, 5.41) is 3.93. The van der Waals surface area contributed by atoms with Crippen molar-refractivity contribution in [1.29, 1.82) is 0 Å². The van der Waals surface area contributed by atoms with Crippen LogP contribution < -0.4 is 20.5 Å². The third-order valence-corrected chi connectivity index (χ3v) is 4.45. The summed E-state index contributed by atoms with van der Waals surface area (Å²) in [6.07, 6.45) is 3.05. The highest BCUT2D eigenvalue weighted by atomic mass is 16.5. The summed E-state index contributed by atoms with van der Waals surface area (Å²) in [6, 6.07) is 16.5. The number of nitrogens with zero attached hydrogens (tertiary/aromatic N) is 2. The van der Waals surface area contributed by atoms with Crippen LogP contribution in [0.2, 0.25) is 0 Å². The molecule has 0 fully saturated rings. The summed E-state index contributed by atoms with van der Waals surface area (Å²) >= 11 is 0. The number of benzene rings is 2. The fraction of sp³-hybridized carbons (Fsp3) is 0.174. The Hall–Kier alpha value is -3.87. The Balaban J connectivity index is 1.65. The molecule has 30 heavy (non-hydrogen) atoms. The van der Waals surface area contributed by atoms with E-state index in [1.54, 1.807) is 44.6 Å². The Bertz CT molecular complexity index is 1120. The number of pyridine rings is 1. The van der Waals surface area contributed by atoms with Gasteiger partial charge < -0.3 is 14.0 Å². The van der Waals surface area contributed by atoms with E-state index in [9.17, 15) is 9.59 Å². The molecule has 1 N–H and O–H groups in total. The summed E-state index contributed by atoms with van der Waals surface area (Å²) in [5.74, 6) is 0.582. The molecule has 0 aliphatic rings. The summed E-state index contributed by atoms with van der Waals surface area (Å²) in [7, 11) is 3.14. The molecular formula is C23H23N3O4. The van der Waals surface area contributed by atoms with Crippen molar-refractivity contribution in [3.8, 4) is 11.5 Å². The van der Waals surface area contributed by atoms with Gasteiger partial charge >= 0.3 is 0 Å².